The molecule has 24 heavy (non-hydrogen) atoms. The number of nitrogens with zero attached hydrogens (tertiary/aromatic N) is 1. The lowest BCUT2D eigenvalue weighted by atomic mass is 10.2. The number of benzene rings is 1. The predicted molar refractivity (Wildman–Crippen MR) is 83.0 cm³/mol. The Bertz CT molecular complexity index is 710. The summed E-state index contributed by atoms with van der Waals surface area (Å²) in [5.74, 6) is -0.346. The number of methoxy groups -OCH3 is 1. The van der Waals surface area contributed by atoms with Crippen molar-refractivity contribution in [1.29, 1.82) is 0 Å². The molecule has 1 N–H and O–H groups in total. The number of alkyl halides is 2. The molecule has 0 spiro atoms. The molecule has 1 heterocycles. The molecule has 8 heteroatoms. The van der Waals surface area contributed by atoms with Crippen LogP contribution >= 0.6 is 0 Å². The Balaban J connectivity index is 2.23. The molecule has 0 aliphatic carbocycles. The third kappa shape index (κ3) is 4.31. The SMILES string of the molecule is CCOc1ncccc1C(=O)Nc1ccc(OC)c(OC(F)F)c1. The van der Waals surface area contributed by atoms with Crippen molar-refractivity contribution in [2.24, 2.45) is 0 Å². The van der Waals surface area contributed by atoms with Gasteiger partial charge in [0.05, 0.1) is 13.7 Å². The van der Waals surface area contributed by atoms with Crippen LogP contribution in [-0.2, 0) is 0 Å². The van der Waals surface area contributed by atoms with Gasteiger partial charge in [-0.1, -0.05) is 0 Å². The van der Waals surface area contributed by atoms with Gasteiger partial charge < -0.3 is 19.5 Å². The van der Waals surface area contributed by atoms with Crippen LogP contribution in [-0.4, -0.2) is 31.2 Å². The minimum atomic E-state index is -3.01. The van der Waals surface area contributed by atoms with Crippen molar-refractivity contribution in [3.8, 4) is 17.4 Å². The Labute approximate surface area is 137 Å². The molecule has 1 amide bonds. The quantitative estimate of drug-likeness (QED) is 0.838. The lowest BCUT2D eigenvalue weighted by molar-refractivity contribution is -0.0511. The molecule has 2 aromatic rings. The van der Waals surface area contributed by atoms with E-state index < -0.39 is 12.5 Å². The van der Waals surface area contributed by atoms with Crippen LogP contribution in [0.4, 0.5) is 14.5 Å². The molecular weight excluding hydrogens is 322 g/mol. The fourth-order valence-corrected chi connectivity index (χ4v) is 1.96. The monoisotopic (exact) mass is 338 g/mol. The number of aromatic nitrogens is 1. The van der Waals surface area contributed by atoms with Crippen molar-refractivity contribution >= 4 is 11.6 Å². The van der Waals surface area contributed by atoms with E-state index in [9.17, 15) is 13.6 Å². The molecule has 0 saturated carbocycles. The van der Waals surface area contributed by atoms with Crippen LogP contribution in [0.15, 0.2) is 36.5 Å². The molecule has 2 rings (SSSR count). The maximum absolute atomic E-state index is 12.4. The summed E-state index contributed by atoms with van der Waals surface area (Å²) in [5, 5.41) is 2.58. The maximum atomic E-state index is 12.4. The highest BCUT2D eigenvalue weighted by molar-refractivity contribution is 6.05. The number of anilines is 1. The number of carbonyl (C=O) groups excluding carboxylic acids is 1. The lowest BCUT2D eigenvalue weighted by Crippen LogP contribution is -2.14. The molecule has 1 aromatic heterocycles. The molecule has 0 saturated heterocycles. The first-order valence-electron chi connectivity index (χ1n) is 7.07. The summed E-state index contributed by atoms with van der Waals surface area (Å²) in [5.41, 5.74) is 0.495. The van der Waals surface area contributed by atoms with Gasteiger partial charge in [0.1, 0.15) is 5.56 Å². The third-order valence-electron chi connectivity index (χ3n) is 2.93. The fraction of sp³-hybridized carbons (Fsp3) is 0.250. The summed E-state index contributed by atoms with van der Waals surface area (Å²) in [7, 11) is 1.33. The summed E-state index contributed by atoms with van der Waals surface area (Å²) in [4.78, 5) is 16.3. The van der Waals surface area contributed by atoms with Gasteiger partial charge in [-0.15, -0.1) is 0 Å². The largest absolute Gasteiger partial charge is 0.493 e. The number of pyridine rings is 1. The number of carbonyl (C=O) groups is 1. The van der Waals surface area contributed by atoms with Gasteiger partial charge in [0.15, 0.2) is 11.5 Å². The zero-order valence-corrected chi connectivity index (χ0v) is 13.1. The molecule has 128 valence electrons. The Kier molecular flexibility index (Phi) is 5.89. The molecule has 0 fully saturated rings. The predicted octanol–water partition coefficient (Wildman–Crippen LogP) is 3.34. The van der Waals surface area contributed by atoms with E-state index in [4.69, 9.17) is 9.47 Å². The van der Waals surface area contributed by atoms with Crippen molar-refractivity contribution in [2.45, 2.75) is 13.5 Å². The van der Waals surface area contributed by atoms with E-state index in [0.29, 0.717) is 6.61 Å². The van der Waals surface area contributed by atoms with Gasteiger partial charge in [-0.25, -0.2) is 4.98 Å². The number of hydrogen-bond donors (Lipinski definition) is 1. The lowest BCUT2D eigenvalue weighted by Gasteiger charge is -2.13. The van der Waals surface area contributed by atoms with Gasteiger partial charge in [-0.05, 0) is 31.2 Å². The van der Waals surface area contributed by atoms with Gasteiger partial charge in [0.2, 0.25) is 5.88 Å². The highest BCUT2D eigenvalue weighted by atomic mass is 19.3. The van der Waals surface area contributed by atoms with Gasteiger partial charge in [-0.2, -0.15) is 8.78 Å². The summed E-state index contributed by atoms with van der Waals surface area (Å²) in [6.45, 7) is -0.882. The minimum Gasteiger partial charge on any atom is -0.493 e. The van der Waals surface area contributed by atoms with Crippen LogP contribution in [0.1, 0.15) is 17.3 Å². The Morgan fingerprint density at radius 1 is 1.29 bits per heavy atom. The number of halogens is 2. The highest BCUT2D eigenvalue weighted by Gasteiger charge is 2.16. The molecule has 0 unspecified atom stereocenters. The standard InChI is InChI=1S/C16H16F2N2O4/c1-3-23-15-11(5-4-8-19-15)14(21)20-10-6-7-12(22-2)13(9-10)24-16(17)18/h4-9,16H,3H2,1-2H3,(H,20,21). The van der Waals surface area contributed by atoms with E-state index in [2.05, 4.69) is 15.0 Å². The van der Waals surface area contributed by atoms with Crippen LogP contribution in [0.25, 0.3) is 0 Å². The van der Waals surface area contributed by atoms with Crippen molar-refractivity contribution in [3.63, 3.8) is 0 Å². The number of ether oxygens (including phenoxy) is 3. The first kappa shape index (κ1) is 17.5. The van der Waals surface area contributed by atoms with E-state index in [0.717, 1.165) is 0 Å². The van der Waals surface area contributed by atoms with E-state index in [1.807, 2.05) is 0 Å². The molecule has 0 atom stereocenters. The van der Waals surface area contributed by atoms with Crippen LogP contribution in [0.2, 0.25) is 0 Å². The summed E-state index contributed by atoms with van der Waals surface area (Å²) >= 11 is 0. The fourth-order valence-electron chi connectivity index (χ4n) is 1.96. The summed E-state index contributed by atoms with van der Waals surface area (Å²) in [6, 6.07) is 7.32. The minimum absolute atomic E-state index is 0.129. The summed E-state index contributed by atoms with van der Waals surface area (Å²) < 4.78 is 39.5. The van der Waals surface area contributed by atoms with Gasteiger partial charge in [-0.3, -0.25) is 4.79 Å². The van der Waals surface area contributed by atoms with Crippen molar-refractivity contribution in [2.75, 3.05) is 19.0 Å². The van der Waals surface area contributed by atoms with Crippen molar-refractivity contribution in [1.82, 2.24) is 4.98 Å². The molecule has 6 nitrogen and oxygen atoms in total. The van der Waals surface area contributed by atoms with Gasteiger partial charge in [0.25, 0.3) is 5.91 Å². The third-order valence-corrected chi connectivity index (χ3v) is 2.93. The second-order valence-electron chi connectivity index (χ2n) is 4.49. The van der Waals surface area contributed by atoms with Crippen LogP contribution in [0, 0.1) is 0 Å². The van der Waals surface area contributed by atoms with Crippen LogP contribution in [0.3, 0.4) is 0 Å². The number of rotatable bonds is 7. The normalized spacial score (nSPS) is 10.4. The second kappa shape index (κ2) is 8.09. The smallest absolute Gasteiger partial charge is 0.387 e. The van der Waals surface area contributed by atoms with Crippen molar-refractivity contribution in [3.05, 3.63) is 42.1 Å². The molecule has 1 aromatic carbocycles. The maximum Gasteiger partial charge on any atom is 0.387 e. The van der Waals surface area contributed by atoms with E-state index in [1.54, 1.807) is 19.1 Å². The molecular formula is C16H16F2N2O4. The van der Waals surface area contributed by atoms with E-state index in [-0.39, 0.29) is 28.6 Å². The summed E-state index contributed by atoms with van der Waals surface area (Å²) in [6.07, 6.45) is 1.50. The molecule has 0 aliphatic heterocycles. The van der Waals surface area contributed by atoms with Crippen LogP contribution < -0.4 is 19.5 Å². The average Bonchev–Trinajstić information content (AvgIpc) is 2.55. The number of amides is 1. The average molecular weight is 338 g/mol. The molecule has 0 radical (unpaired) electrons. The Morgan fingerprint density at radius 2 is 2.08 bits per heavy atom. The van der Waals surface area contributed by atoms with E-state index >= 15 is 0 Å². The van der Waals surface area contributed by atoms with E-state index in [1.165, 1.54) is 31.5 Å². The number of nitrogens with one attached hydrogen (secondary N) is 1. The Hall–Kier alpha value is -2.90. The van der Waals surface area contributed by atoms with Gasteiger partial charge in [0, 0.05) is 18.0 Å². The second-order valence-corrected chi connectivity index (χ2v) is 4.49. The van der Waals surface area contributed by atoms with Crippen LogP contribution in [0.5, 0.6) is 17.4 Å². The highest BCUT2D eigenvalue weighted by Crippen LogP contribution is 2.31. The first-order valence-corrected chi connectivity index (χ1v) is 7.07. The van der Waals surface area contributed by atoms with Crippen molar-refractivity contribution < 1.29 is 27.8 Å². The number of hydrogen-bond acceptors (Lipinski definition) is 5. The van der Waals surface area contributed by atoms with Gasteiger partial charge >= 0.3 is 6.61 Å². The first-order chi connectivity index (χ1) is 11.5. The zero-order valence-electron chi connectivity index (χ0n) is 13.1. The topological polar surface area (TPSA) is 69.7 Å². The molecule has 0 aliphatic rings. The zero-order chi connectivity index (χ0) is 17.5. The molecule has 0 bridgehead atoms. The Morgan fingerprint density at radius 3 is 2.75 bits per heavy atom.